The van der Waals surface area contributed by atoms with Crippen LogP contribution in [0.2, 0.25) is 0 Å². The molecule has 0 saturated carbocycles. The number of ether oxygens (including phenoxy) is 2. The van der Waals surface area contributed by atoms with E-state index in [2.05, 4.69) is 0 Å². The monoisotopic (exact) mass is 507 g/mol. The highest BCUT2D eigenvalue weighted by molar-refractivity contribution is 6.46. The van der Waals surface area contributed by atoms with Crippen molar-refractivity contribution in [2.24, 2.45) is 0 Å². The summed E-state index contributed by atoms with van der Waals surface area (Å²) in [6.45, 7) is 2.04. The van der Waals surface area contributed by atoms with Gasteiger partial charge in [0, 0.05) is 12.0 Å². The zero-order chi connectivity index (χ0) is 26.2. The molecule has 3 aromatic carbocycles. The van der Waals surface area contributed by atoms with E-state index in [1.807, 2.05) is 49.4 Å². The largest absolute Gasteiger partial charge is 0.507 e. The van der Waals surface area contributed by atoms with Gasteiger partial charge in [0.05, 0.1) is 24.4 Å². The molecule has 1 N–H and O–H groups in total. The number of fused-ring (bicyclic) bond motifs is 1. The van der Waals surface area contributed by atoms with Crippen LogP contribution >= 0.6 is 0 Å². The number of likely N-dealkylation sites (tertiary alicyclic amines) is 1. The standard InChI is InChI=1S/C31H25NO6/c1-19-15-22-16-21(12-13-26(22)37-19)29(33)27-28(32(31(35)30(27)34)18-25-11-6-14-36-25)20-7-5-10-24(17-20)38-23-8-3-2-4-9-23/h2-14,16-17,19,28,33H,15,18H2,1H3/t19-,28+/m1/s1. The minimum absolute atomic E-state index is 0.0188. The Morgan fingerprint density at radius 2 is 1.79 bits per heavy atom. The molecule has 0 unspecified atom stereocenters. The van der Waals surface area contributed by atoms with Crippen LogP contribution in [0.3, 0.4) is 0 Å². The van der Waals surface area contributed by atoms with Crippen molar-refractivity contribution in [2.45, 2.75) is 32.0 Å². The number of aliphatic hydroxyl groups is 1. The van der Waals surface area contributed by atoms with Gasteiger partial charge in [0.15, 0.2) is 0 Å². The normalized spacial score (nSPS) is 19.9. The molecule has 0 bridgehead atoms. The molecule has 1 aromatic heterocycles. The quantitative estimate of drug-likeness (QED) is 0.195. The molecule has 2 atom stereocenters. The summed E-state index contributed by atoms with van der Waals surface area (Å²) in [5.41, 5.74) is 2.05. The Hall–Kier alpha value is -4.78. The number of nitrogens with zero attached hydrogens (tertiary/aromatic N) is 1. The van der Waals surface area contributed by atoms with Crippen LogP contribution in [0.15, 0.2) is 101 Å². The lowest BCUT2D eigenvalue weighted by Gasteiger charge is -2.25. The van der Waals surface area contributed by atoms with Gasteiger partial charge in [-0.1, -0.05) is 30.3 Å². The van der Waals surface area contributed by atoms with E-state index in [4.69, 9.17) is 13.9 Å². The van der Waals surface area contributed by atoms with Gasteiger partial charge >= 0.3 is 0 Å². The average molecular weight is 508 g/mol. The Morgan fingerprint density at radius 1 is 0.974 bits per heavy atom. The molecule has 2 aliphatic heterocycles. The molecule has 7 heteroatoms. The Labute approximate surface area is 219 Å². The van der Waals surface area contributed by atoms with Gasteiger partial charge in [-0.15, -0.1) is 0 Å². The molecule has 6 rings (SSSR count). The number of aliphatic hydroxyl groups excluding tert-OH is 1. The molecular formula is C31H25NO6. The lowest BCUT2D eigenvalue weighted by atomic mass is 9.94. The summed E-state index contributed by atoms with van der Waals surface area (Å²) in [5.74, 6) is 0.794. The number of amides is 1. The van der Waals surface area contributed by atoms with E-state index >= 15 is 0 Å². The molecule has 1 saturated heterocycles. The SMILES string of the molecule is C[C@@H]1Cc2cc(C(O)=C3C(=O)C(=O)N(Cc4ccco4)[C@H]3c3cccc(Oc4ccccc4)c3)ccc2O1. The molecule has 4 aromatic rings. The number of carbonyl (C=O) groups excluding carboxylic acids is 2. The van der Waals surface area contributed by atoms with Gasteiger partial charge in [-0.25, -0.2) is 0 Å². The number of rotatable bonds is 6. The maximum atomic E-state index is 13.4. The van der Waals surface area contributed by atoms with Gasteiger partial charge in [-0.3, -0.25) is 9.59 Å². The highest BCUT2D eigenvalue weighted by Crippen LogP contribution is 2.42. The zero-order valence-corrected chi connectivity index (χ0v) is 20.7. The van der Waals surface area contributed by atoms with Crippen molar-refractivity contribution in [3.05, 3.63) is 119 Å². The van der Waals surface area contributed by atoms with Crippen LogP contribution in [0, 0.1) is 0 Å². The van der Waals surface area contributed by atoms with Gasteiger partial charge in [0.25, 0.3) is 11.7 Å². The van der Waals surface area contributed by atoms with Crippen molar-refractivity contribution >= 4 is 17.4 Å². The highest BCUT2D eigenvalue weighted by Gasteiger charge is 2.46. The van der Waals surface area contributed by atoms with E-state index in [0.717, 1.165) is 11.3 Å². The summed E-state index contributed by atoms with van der Waals surface area (Å²) in [6, 6.07) is 24.5. The van der Waals surface area contributed by atoms with Crippen molar-refractivity contribution in [2.75, 3.05) is 0 Å². The predicted octanol–water partition coefficient (Wildman–Crippen LogP) is 6.02. The van der Waals surface area contributed by atoms with Crippen LogP contribution in [-0.2, 0) is 22.6 Å². The summed E-state index contributed by atoms with van der Waals surface area (Å²) >= 11 is 0. The fourth-order valence-corrected chi connectivity index (χ4v) is 5.06. The first-order chi connectivity index (χ1) is 18.5. The Kier molecular flexibility index (Phi) is 5.96. The van der Waals surface area contributed by atoms with E-state index in [-0.39, 0.29) is 24.0 Å². The number of hydrogen-bond acceptors (Lipinski definition) is 6. The van der Waals surface area contributed by atoms with Gasteiger partial charge in [-0.2, -0.15) is 0 Å². The third-order valence-electron chi connectivity index (χ3n) is 6.77. The number of Topliss-reactive ketones (excluding diaryl/α,β-unsaturated/α-hetero) is 1. The first-order valence-corrected chi connectivity index (χ1v) is 12.4. The second-order valence-electron chi connectivity index (χ2n) is 9.45. The van der Waals surface area contributed by atoms with Crippen LogP contribution in [0.5, 0.6) is 17.2 Å². The topological polar surface area (TPSA) is 89.2 Å². The van der Waals surface area contributed by atoms with Crippen molar-refractivity contribution < 1.29 is 28.6 Å². The third kappa shape index (κ3) is 4.32. The van der Waals surface area contributed by atoms with Crippen LogP contribution in [-0.4, -0.2) is 27.8 Å². The van der Waals surface area contributed by atoms with E-state index in [1.54, 1.807) is 42.5 Å². The van der Waals surface area contributed by atoms with Gasteiger partial charge in [0.1, 0.15) is 34.9 Å². The lowest BCUT2D eigenvalue weighted by molar-refractivity contribution is -0.140. The summed E-state index contributed by atoms with van der Waals surface area (Å²) in [4.78, 5) is 28.1. The van der Waals surface area contributed by atoms with Crippen molar-refractivity contribution in [3.8, 4) is 17.2 Å². The van der Waals surface area contributed by atoms with Gasteiger partial charge < -0.3 is 23.9 Å². The molecular weight excluding hydrogens is 482 g/mol. The Balaban J connectivity index is 1.45. The predicted molar refractivity (Wildman–Crippen MR) is 140 cm³/mol. The molecule has 0 radical (unpaired) electrons. The van der Waals surface area contributed by atoms with E-state index in [0.29, 0.717) is 34.8 Å². The van der Waals surface area contributed by atoms with Gasteiger partial charge in [-0.05, 0) is 72.6 Å². The fourth-order valence-electron chi connectivity index (χ4n) is 5.06. The molecule has 0 spiro atoms. The highest BCUT2D eigenvalue weighted by atomic mass is 16.5. The molecule has 1 fully saturated rings. The molecule has 1 amide bonds. The van der Waals surface area contributed by atoms with E-state index in [1.165, 1.54) is 11.2 Å². The summed E-state index contributed by atoms with van der Waals surface area (Å²) < 4.78 is 17.3. The molecule has 38 heavy (non-hydrogen) atoms. The van der Waals surface area contributed by atoms with Crippen LogP contribution in [0.25, 0.3) is 5.76 Å². The number of hydrogen-bond donors (Lipinski definition) is 1. The smallest absolute Gasteiger partial charge is 0.296 e. The third-order valence-corrected chi connectivity index (χ3v) is 6.77. The fraction of sp³-hybridized carbons (Fsp3) is 0.161. The molecule has 0 aliphatic carbocycles. The molecule has 3 heterocycles. The lowest BCUT2D eigenvalue weighted by Crippen LogP contribution is -2.29. The number of carbonyl (C=O) groups is 2. The first-order valence-electron chi connectivity index (χ1n) is 12.4. The van der Waals surface area contributed by atoms with Crippen molar-refractivity contribution in [1.29, 1.82) is 0 Å². The molecule has 2 aliphatic rings. The maximum Gasteiger partial charge on any atom is 0.296 e. The summed E-state index contributed by atoms with van der Waals surface area (Å²) in [7, 11) is 0. The number of para-hydroxylation sites is 1. The summed E-state index contributed by atoms with van der Waals surface area (Å²) in [5, 5.41) is 11.5. The number of ketones is 1. The van der Waals surface area contributed by atoms with Crippen LogP contribution < -0.4 is 9.47 Å². The minimum atomic E-state index is -0.845. The molecule has 190 valence electrons. The van der Waals surface area contributed by atoms with Crippen LogP contribution in [0.1, 0.15) is 35.4 Å². The first kappa shape index (κ1) is 23.6. The van der Waals surface area contributed by atoms with E-state index in [9.17, 15) is 14.7 Å². The van der Waals surface area contributed by atoms with E-state index < -0.39 is 17.7 Å². The maximum absolute atomic E-state index is 13.4. The minimum Gasteiger partial charge on any atom is -0.507 e. The average Bonchev–Trinajstić information content (AvgIpc) is 3.63. The van der Waals surface area contributed by atoms with Crippen molar-refractivity contribution in [3.63, 3.8) is 0 Å². The Bertz CT molecular complexity index is 1540. The number of furan rings is 1. The number of benzene rings is 3. The molecule has 7 nitrogen and oxygen atoms in total. The second kappa shape index (κ2) is 9.59. The Morgan fingerprint density at radius 3 is 2.58 bits per heavy atom. The summed E-state index contributed by atoms with van der Waals surface area (Å²) in [6.07, 6.45) is 2.25. The second-order valence-corrected chi connectivity index (χ2v) is 9.45. The van der Waals surface area contributed by atoms with Gasteiger partial charge in [0.2, 0.25) is 0 Å². The van der Waals surface area contributed by atoms with Crippen LogP contribution in [0.4, 0.5) is 0 Å². The zero-order valence-electron chi connectivity index (χ0n) is 20.7. The van der Waals surface area contributed by atoms with Crippen molar-refractivity contribution in [1.82, 2.24) is 4.90 Å².